The minimum absolute atomic E-state index is 0. The van der Waals surface area contributed by atoms with Gasteiger partial charge in [0.1, 0.15) is 18.9 Å². The van der Waals surface area contributed by atoms with Crippen molar-refractivity contribution in [3.8, 4) is 0 Å². The summed E-state index contributed by atoms with van der Waals surface area (Å²) in [5.41, 5.74) is -5.32. The zero-order chi connectivity index (χ0) is 16.3. The lowest BCUT2D eigenvalue weighted by atomic mass is 10.5. The SMILES string of the molecule is CCN(CCn1cc[n+](C)c1/C=N/O)S(=O)(=O)C(F)(F)F.[Cl-]. The van der Waals surface area contributed by atoms with Crippen LogP contribution in [0.1, 0.15) is 12.7 Å². The van der Waals surface area contributed by atoms with Gasteiger partial charge in [0.15, 0.2) is 6.21 Å². The highest BCUT2D eigenvalue weighted by atomic mass is 35.5. The molecule has 0 aliphatic rings. The average Bonchev–Trinajstić information content (AvgIpc) is 2.71. The fourth-order valence-electron chi connectivity index (χ4n) is 1.76. The molecule has 0 saturated carbocycles. The van der Waals surface area contributed by atoms with E-state index in [1.165, 1.54) is 11.5 Å². The first-order valence-electron chi connectivity index (χ1n) is 5.93. The quantitative estimate of drug-likeness (QED) is 0.258. The van der Waals surface area contributed by atoms with Gasteiger partial charge < -0.3 is 17.6 Å². The number of hydrogen-bond donors (Lipinski definition) is 1. The van der Waals surface area contributed by atoms with Crippen molar-refractivity contribution in [3.63, 3.8) is 0 Å². The van der Waals surface area contributed by atoms with E-state index >= 15 is 0 Å². The van der Waals surface area contributed by atoms with E-state index in [-0.39, 0.29) is 32.0 Å². The molecular weight excluding hydrogens is 349 g/mol. The molecule has 1 aromatic heterocycles. The third-order valence-corrected chi connectivity index (χ3v) is 4.58. The van der Waals surface area contributed by atoms with Gasteiger partial charge >= 0.3 is 21.4 Å². The van der Waals surface area contributed by atoms with Crippen LogP contribution < -0.4 is 17.0 Å². The normalized spacial score (nSPS) is 12.8. The van der Waals surface area contributed by atoms with E-state index < -0.39 is 15.5 Å². The zero-order valence-electron chi connectivity index (χ0n) is 11.8. The van der Waals surface area contributed by atoms with Crippen LogP contribution in [0.5, 0.6) is 0 Å². The monoisotopic (exact) mass is 364 g/mol. The third-order valence-electron chi connectivity index (χ3n) is 2.87. The smallest absolute Gasteiger partial charge is 0.511 e. The second kappa shape index (κ2) is 7.79. The maximum Gasteiger partial charge on any atom is 0.511 e. The van der Waals surface area contributed by atoms with E-state index in [2.05, 4.69) is 5.16 Å². The number of likely N-dealkylation sites (N-methyl/N-ethyl adjacent to an activating group) is 1. The molecule has 0 unspecified atom stereocenters. The number of halogens is 4. The number of rotatable bonds is 6. The van der Waals surface area contributed by atoms with Gasteiger partial charge in [0, 0.05) is 6.54 Å². The molecule has 128 valence electrons. The van der Waals surface area contributed by atoms with Crippen molar-refractivity contribution in [2.75, 3.05) is 13.1 Å². The van der Waals surface area contributed by atoms with Crippen LogP contribution in [0.2, 0.25) is 0 Å². The summed E-state index contributed by atoms with van der Waals surface area (Å²) < 4.78 is 63.6. The molecule has 0 saturated heterocycles. The molecule has 22 heavy (non-hydrogen) atoms. The molecule has 0 atom stereocenters. The molecule has 1 heterocycles. The minimum atomic E-state index is -5.35. The standard InChI is InChI=1S/C10H15F3N4O3S.ClH/c1-3-17(21(19,20)10(11,12)13)7-6-16-5-4-15(2)9(16)8-14-18;/h4-5,8H,3,6-7H2,1-2H3;1H. The van der Waals surface area contributed by atoms with Gasteiger partial charge in [-0.1, -0.05) is 12.1 Å². The van der Waals surface area contributed by atoms with E-state index in [4.69, 9.17) is 5.21 Å². The first kappa shape index (κ1) is 20.7. The molecule has 0 aliphatic heterocycles. The number of sulfonamides is 1. The maximum atomic E-state index is 12.5. The largest absolute Gasteiger partial charge is 1.00 e. The van der Waals surface area contributed by atoms with Crippen molar-refractivity contribution < 1.29 is 43.8 Å². The zero-order valence-corrected chi connectivity index (χ0v) is 13.4. The predicted molar refractivity (Wildman–Crippen MR) is 67.2 cm³/mol. The molecule has 0 aliphatic carbocycles. The second-order valence-corrected chi connectivity index (χ2v) is 6.08. The summed E-state index contributed by atoms with van der Waals surface area (Å²) in [6.45, 7) is 0.679. The number of nitrogens with zero attached hydrogens (tertiary/aromatic N) is 4. The lowest BCUT2D eigenvalue weighted by Crippen LogP contribution is -3.00. The summed E-state index contributed by atoms with van der Waals surface area (Å²) in [5.74, 6) is 0.415. The molecule has 0 amide bonds. The number of alkyl halides is 3. The van der Waals surface area contributed by atoms with Crippen LogP contribution in [0.15, 0.2) is 17.5 Å². The van der Waals surface area contributed by atoms with E-state index in [0.717, 1.165) is 6.21 Å². The molecule has 1 rings (SSSR count). The number of aryl methyl sites for hydroxylation is 1. The Labute approximate surface area is 132 Å². The molecule has 12 heteroatoms. The highest BCUT2D eigenvalue weighted by Crippen LogP contribution is 2.26. The first-order chi connectivity index (χ1) is 9.65. The van der Waals surface area contributed by atoms with Crippen LogP contribution in [0.25, 0.3) is 0 Å². The highest BCUT2D eigenvalue weighted by Gasteiger charge is 2.49. The Morgan fingerprint density at radius 1 is 1.50 bits per heavy atom. The van der Waals surface area contributed by atoms with Gasteiger partial charge in [-0.05, 0) is 0 Å². The summed E-state index contributed by atoms with van der Waals surface area (Å²) in [4.78, 5) is 0. The van der Waals surface area contributed by atoms with Crippen LogP contribution in [0.4, 0.5) is 13.2 Å². The van der Waals surface area contributed by atoms with Gasteiger partial charge in [-0.3, -0.25) is 0 Å². The highest BCUT2D eigenvalue weighted by molar-refractivity contribution is 7.89. The number of aromatic nitrogens is 2. The van der Waals surface area contributed by atoms with Crippen molar-refractivity contribution in [2.45, 2.75) is 19.0 Å². The summed E-state index contributed by atoms with van der Waals surface area (Å²) in [7, 11) is -3.70. The third kappa shape index (κ3) is 4.34. The Kier molecular flexibility index (Phi) is 7.32. The van der Waals surface area contributed by atoms with Crippen molar-refractivity contribution >= 4 is 16.2 Å². The topological polar surface area (TPSA) is 78.8 Å². The van der Waals surface area contributed by atoms with Crippen LogP contribution in [-0.2, 0) is 23.6 Å². The summed E-state index contributed by atoms with van der Waals surface area (Å²) >= 11 is 0. The van der Waals surface area contributed by atoms with Crippen molar-refractivity contribution in [2.24, 2.45) is 12.2 Å². The first-order valence-corrected chi connectivity index (χ1v) is 7.37. The molecule has 0 bridgehead atoms. The fourth-order valence-corrected chi connectivity index (χ4v) is 2.71. The van der Waals surface area contributed by atoms with Crippen molar-refractivity contribution in [1.82, 2.24) is 8.87 Å². The molecular formula is C10H16ClF3N4O3S. The molecule has 0 radical (unpaired) electrons. The lowest BCUT2D eigenvalue weighted by molar-refractivity contribution is -0.671. The molecule has 0 fully saturated rings. The Balaban J connectivity index is 0.00000441. The summed E-state index contributed by atoms with van der Waals surface area (Å²) in [6.07, 6.45) is 4.26. The van der Waals surface area contributed by atoms with Gasteiger partial charge in [0.2, 0.25) is 0 Å². The van der Waals surface area contributed by atoms with E-state index in [0.29, 0.717) is 10.1 Å². The van der Waals surface area contributed by atoms with Gasteiger partial charge in [0.25, 0.3) is 0 Å². The Morgan fingerprint density at radius 2 is 2.09 bits per heavy atom. The maximum absolute atomic E-state index is 12.5. The van der Waals surface area contributed by atoms with Crippen molar-refractivity contribution in [3.05, 3.63) is 18.2 Å². The summed E-state index contributed by atoms with van der Waals surface area (Å²) in [5, 5.41) is 11.4. The van der Waals surface area contributed by atoms with Crippen LogP contribution in [-0.4, -0.2) is 47.3 Å². The minimum Gasteiger partial charge on any atom is -1.00 e. The van der Waals surface area contributed by atoms with Crippen molar-refractivity contribution in [1.29, 1.82) is 0 Å². The van der Waals surface area contributed by atoms with Crippen LogP contribution >= 0.6 is 0 Å². The molecule has 0 spiro atoms. The van der Waals surface area contributed by atoms with Crippen LogP contribution in [0.3, 0.4) is 0 Å². The van der Waals surface area contributed by atoms with Crippen LogP contribution in [0, 0.1) is 0 Å². The molecule has 0 aromatic carbocycles. The lowest BCUT2D eigenvalue weighted by Gasteiger charge is -2.20. The molecule has 1 aromatic rings. The van der Waals surface area contributed by atoms with Gasteiger partial charge in [-0.2, -0.15) is 17.5 Å². The second-order valence-electron chi connectivity index (χ2n) is 4.15. The Bertz CT molecular complexity index is 615. The predicted octanol–water partition coefficient (Wildman–Crippen LogP) is -2.70. The molecule has 7 nitrogen and oxygen atoms in total. The fraction of sp³-hybridized carbons (Fsp3) is 0.600. The van der Waals surface area contributed by atoms with E-state index in [9.17, 15) is 21.6 Å². The van der Waals surface area contributed by atoms with Gasteiger partial charge in [0.05, 0.1) is 13.6 Å². The Morgan fingerprint density at radius 3 is 2.55 bits per heavy atom. The number of oxime groups is 1. The van der Waals surface area contributed by atoms with E-state index in [1.807, 2.05) is 0 Å². The number of imidazole rings is 1. The van der Waals surface area contributed by atoms with E-state index in [1.54, 1.807) is 24.0 Å². The van der Waals surface area contributed by atoms with Gasteiger partial charge in [-0.25, -0.2) is 17.6 Å². The average molecular weight is 365 g/mol. The number of hydrogen-bond acceptors (Lipinski definition) is 4. The van der Waals surface area contributed by atoms with Gasteiger partial charge in [-0.15, -0.1) is 0 Å². The Hall–Kier alpha value is -1.33. The molecule has 1 N–H and O–H groups in total. The summed E-state index contributed by atoms with van der Waals surface area (Å²) in [6, 6.07) is 0.